The smallest absolute Gasteiger partial charge is 0.243 e. The molecule has 0 unspecified atom stereocenters. The van der Waals surface area contributed by atoms with Crippen molar-refractivity contribution < 1.29 is 13.2 Å². The Morgan fingerprint density at radius 2 is 1.71 bits per heavy atom. The fraction of sp³-hybridized carbons (Fsp3) is 0.474. The highest BCUT2D eigenvalue weighted by atomic mass is 32.2. The number of nitrogens with one attached hydrogen (secondary N) is 1. The van der Waals surface area contributed by atoms with Crippen molar-refractivity contribution in [1.82, 2.24) is 19.0 Å². The molecule has 1 N–H and O–H groups in total. The summed E-state index contributed by atoms with van der Waals surface area (Å²) in [6.45, 7) is 8.52. The lowest BCUT2D eigenvalue weighted by molar-refractivity contribution is -0.114. The van der Waals surface area contributed by atoms with E-state index in [-0.39, 0.29) is 10.8 Å². The van der Waals surface area contributed by atoms with Gasteiger partial charge in [-0.15, -0.1) is 0 Å². The summed E-state index contributed by atoms with van der Waals surface area (Å²) in [6, 6.07) is 6.29. The van der Waals surface area contributed by atoms with Gasteiger partial charge in [0.2, 0.25) is 15.9 Å². The number of aryl methyl sites for hydroxylation is 2. The van der Waals surface area contributed by atoms with E-state index in [4.69, 9.17) is 0 Å². The van der Waals surface area contributed by atoms with E-state index in [1.165, 1.54) is 28.9 Å². The lowest BCUT2D eigenvalue weighted by atomic mass is 10.1. The highest BCUT2D eigenvalue weighted by Gasteiger charge is 2.29. The fourth-order valence-electron chi connectivity index (χ4n) is 3.46. The van der Waals surface area contributed by atoms with E-state index in [0.29, 0.717) is 31.9 Å². The number of hydrogen-bond donors (Lipinski definition) is 1. The molecule has 0 bridgehead atoms. The number of benzene rings is 1. The maximum absolute atomic E-state index is 12.9. The van der Waals surface area contributed by atoms with E-state index < -0.39 is 10.0 Å². The number of sulfonamides is 1. The molecular formula is C19H27N5O3S. The zero-order chi connectivity index (χ0) is 20.5. The molecule has 1 aromatic heterocycles. The Hall–Kier alpha value is -2.23. The second kappa shape index (κ2) is 8.02. The highest BCUT2D eigenvalue weighted by Crippen LogP contribution is 2.21. The molecule has 8 nitrogen and oxygen atoms in total. The molecule has 9 heteroatoms. The first-order chi connectivity index (χ1) is 13.2. The van der Waals surface area contributed by atoms with Gasteiger partial charge in [0.05, 0.1) is 10.6 Å². The summed E-state index contributed by atoms with van der Waals surface area (Å²) in [5.41, 5.74) is 3.96. The van der Waals surface area contributed by atoms with E-state index in [2.05, 4.69) is 22.2 Å². The van der Waals surface area contributed by atoms with Crippen LogP contribution in [0.1, 0.15) is 23.9 Å². The van der Waals surface area contributed by atoms with Crippen molar-refractivity contribution >= 4 is 21.6 Å². The zero-order valence-corrected chi connectivity index (χ0v) is 17.6. The largest absolute Gasteiger partial charge is 0.326 e. The van der Waals surface area contributed by atoms with Crippen LogP contribution in [0.5, 0.6) is 0 Å². The molecule has 0 saturated carbocycles. The number of anilines is 1. The van der Waals surface area contributed by atoms with Crippen LogP contribution >= 0.6 is 0 Å². The zero-order valence-electron chi connectivity index (χ0n) is 16.8. The van der Waals surface area contributed by atoms with Gasteiger partial charge < -0.3 is 5.32 Å². The Kier molecular flexibility index (Phi) is 5.87. The Morgan fingerprint density at radius 3 is 2.21 bits per heavy atom. The summed E-state index contributed by atoms with van der Waals surface area (Å²) in [5.74, 6) is -0.189. The van der Waals surface area contributed by atoms with Crippen molar-refractivity contribution in [2.45, 2.75) is 32.2 Å². The number of rotatable bonds is 5. The van der Waals surface area contributed by atoms with Crippen molar-refractivity contribution in [1.29, 1.82) is 0 Å². The SMILES string of the molecule is CC(=O)Nc1ccc(S(=O)(=O)N2CCN(Cc3c(C)nn(C)c3C)CC2)cc1. The topological polar surface area (TPSA) is 87.5 Å². The highest BCUT2D eigenvalue weighted by molar-refractivity contribution is 7.89. The second-order valence-electron chi connectivity index (χ2n) is 7.16. The van der Waals surface area contributed by atoms with Gasteiger partial charge in [0.15, 0.2) is 0 Å². The molecule has 2 heterocycles. The van der Waals surface area contributed by atoms with E-state index >= 15 is 0 Å². The normalized spacial score (nSPS) is 16.3. The van der Waals surface area contributed by atoms with Crippen LogP contribution < -0.4 is 5.32 Å². The predicted molar refractivity (Wildman–Crippen MR) is 107 cm³/mol. The minimum Gasteiger partial charge on any atom is -0.326 e. The van der Waals surface area contributed by atoms with Gasteiger partial charge in [0.1, 0.15) is 0 Å². The monoisotopic (exact) mass is 405 g/mol. The number of aromatic nitrogens is 2. The number of amides is 1. The van der Waals surface area contributed by atoms with Gasteiger partial charge in [-0.25, -0.2) is 8.42 Å². The Morgan fingerprint density at radius 1 is 1.11 bits per heavy atom. The average Bonchev–Trinajstić information content (AvgIpc) is 2.88. The number of hydrogen-bond acceptors (Lipinski definition) is 5. The van der Waals surface area contributed by atoms with Crippen molar-refractivity contribution in [2.24, 2.45) is 7.05 Å². The molecule has 1 aromatic carbocycles. The van der Waals surface area contributed by atoms with Crippen molar-refractivity contribution in [2.75, 3.05) is 31.5 Å². The summed E-state index contributed by atoms with van der Waals surface area (Å²) in [7, 11) is -1.60. The van der Waals surface area contributed by atoms with E-state index in [1.807, 2.05) is 18.7 Å². The summed E-state index contributed by atoms with van der Waals surface area (Å²) in [4.78, 5) is 13.6. The molecular weight excluding hydrogens is 378 g/mol. The number of carbonyl (C=O) groups is 1. The van der Waals surface area contributed by atoms with Crippen molar-refractivity contribution in [3.8, 4) is 0 Å². The van der Waals surface area contributed by atoms with Crippen LogP contribution in [-0.2, 0) is 28.4 Å². The van der Waals surface area contributed by atoms with Crippen LogP contribution in [0.25, 0.3) is 0 Å². The summed E-state index contributed by atoms with van der Waals surface area (Å²) in [6.07, 6.45) is 0. The maximum atomic E-state index is 12.9. The van der Waals surface area contributed by atoms with Crippen LogP contribution in [0.3, 0.4) is 0 Å². The molecule has 28 heavy (non-hydrogen) atoms. The maximum Gasteiger partial charge on any atom is 0.243 e. The quantitative estimate of drug-likeness (QED) is 0.815. The molecule has 2 aromatic rings. The first-order valence-corrected chi connectivity index (χ1v) is 10.7. The van der Waals surface area contributed by atoms with E-state index in [0.717, 1.165) is 17.9 Å². The van der Waals surface area contributed by atoms with Crippen LogP contribution in [0.15, 0.2) is 29.2 Å². The lowest BCUT2D eigenvalue weighted by Gasteiger charge is -2.34. The molecule has 1 saturated heterocycles. The number of carbonyl (C=O) groups excluding carboxylic acids is 1. The Balaban J connectivity index is 1.64. The number of piperazine rings is 1. The third-order valence-electron chi connectivity index (χ3n) is 5.18. The third-order valence-corrected chi connectivity index (χ3v) is 7.10. The standard InChI is InChI=1S/C19H27N5O3S/c1-14-19(15(2)22(4)21-14)13-23-9-11-24(12-10-23)28(26,27)18-7-5-17(6-8-18)20-16(3)25/h5-8H,9-13H2,1-4H3,(H,20,25). The molecule has 1 amide bonds. The molecule has 1 aliphatic rings. The number of nitrogens with zero attached hydrogens (tertiary/aromatic N) is 4. The van der Waals surface area contributed by atoms with Crippen LogP contribution in [-0.4, -0.2) is 59.5 Å². The predicted octanol–water partition coefficient (Wildman–Crippen LogP) is 1.50. The van der Waals surface area contributed by atoms with Gasteiger partial charge in [-0.3, -0.25) is 14.4 Å². The first-order valence-electron chi connectivity index (χ1n) is 9.27. The van der Waals surface area contributed by atoms with Gasteiger partial charge in [0.25, 0.3) is 0 Å². The fourth-order valence-corrected chi connectivity index (χ4v) is 4.88. The van der Waals surface area contributed by atoms with Crippen LogP contribution in [0.2, 0.25) is 0 Å². The minimum atomic E-state index is -3.54. The molecule has 0 radical (unpaired) electrons. The van der Waals surface area contributed by atoms with Crippen molar-refractivity contribution in [3.63, 3.8) is 0 Å². The molecule has 1 aliphatic heterocycles. The molecule has 0 aliphatic carbocycles. The molecule has 0 atom stereocenters. The van der Waals surface area contributed by atoms with Gasteiger partial charge in [0, 0.05) is 63.6 Å². The lowest BCUT2D eigenvalue weighted by Crippen LogP contribution is -2.48. The van der Waals surface area contributed by atoms with Gasteiger partial charge in [-0.05, 0) is 38.1 Å². The van der Waals surface area contributed by atoms with Crippen LogP contribution in [0, 0.1) is 13.8 Å². The van der Waals surface area contributed by atoms with E-state index in [9.17, 15) is 13.2 Å². The van der Waals surface area contributed by atoms with Gasteiger partial charge in [-0.2, -0.15) is 9.40 Å². The Labute approximate surface area is 166 Å². The molecule has 152 valence electrons. The molecule has 0 spiro atoms. The summed E-state index contributed by atoms with van der Waals surface area (Å²) < 4.78 is 29.2. The van der Waals surface area contributed by atoms with Gasteiger partial charge in [-0.1, -0.05) is 0 Å². The van der Waals surface area contributed by atoms with Gasteiger partial charge >= 0.3 is 0 Å². The second-order valence-corrected chi connectivity index (χ2v) is 9.10. The third kappa shape index (κ3) is 4.26. The first kappa shape index (κ1) is 20.5. The summed E-state index contributed by atoms with van der Waals surface area (Å²) >= 11 is 0. The molecule has 3 rings (SSSR count). The molecule has 1 fully saturated rings. The Bertz CT molecular complexity index is 958. The summed E-state index contributed by atoms with van der Waals surface area (Å²) in [5, 5.41) is 7.09. The average molecular weight is 406 g/mol. The van der Waals surface area contributed by atoms with Crippen LogP contribution in [0.4, 0.5) is 5.69 Å². The van der Waals surface area contributed by atoms with E-state index in [1.54, 1.807) is 12.1 Å². The minimum absolute atomic E-state index is 0.189. The van der Waals surface area contributed by atoms with Crippen molar-refractivity contribution in [3.05, 3.63) is 41.2 Å².